The zero-order valence-electron chi connectivity index (χ0n) is 11.6. The first-order valence-electron chi connectivity index (χ1n) is 6.65. The second kappa shape index (κ2) is 6.91. The lowest BCUT2D eigenvalue weighted by Gasteiger charge is -2.13. The summed E-state index contributed by atoms with van der Waals surface area (Å²) in [6.07, 6.45) is 0.0996. The van der Waals surface area contributed by atoms with E-state index in [-0.39, 0.29) is 12.1 Å². The summed E-state index contributed by atoms with van der Waals surface area (Å²) in [5.41, 5.74) is 1.76. The van der Waals surface area contributed by atoms with Crippen molar-refractivity contribution in [3.8, 4) is 0 Å². The molecule has 1 aromatic rings. The number of aliphatic carboxylic acids is 1. The predicted octanol–water partition coefficient (Wildman–Crippen LogP) is 2.51. The molecular formula is C14H17BrN2O4. The van der Waals surface area contributed by atoms with E-state index in [1.54, 1.807) is 0 Å². The van der Waals surface area contributed by atoms with Gasteiger partial charge in [-0.2, -0.15) is 0 Å². The number of carboxylic acids is 1. The van der Waals surface area contributed by atoms with Crippen molar-refractivity contribution in [1.82, 2.24) is 5.32 Å². The Morgan fingerprint density at radius 1 is 1.43 bits per heavy atom. The number of ether oxygens (including phenoxy) is 1. The van der Waals surface area contributed by atoms with Crippen LogP contribution in [-0.4, -0.2) is 35.9 Å². The summed E-state index contributed by atoms with van der Waals surface area (Å²) in [5, 5.41) is 14.2. The van der Waals surface area contributed by atoms with Crippen molar-refractivity contribution in [2.45, 2.75) is 32.0 Å². The van der Waals surface area contributed by atoms with Crippen molar-refractivity contribution in [1.29, 1.82) is 0 Å². The van der Waals surface area contributed by atoms with Crippen molar-refractivity contribution in [3.05, 3.63) is 28.2 Å². The van der Waals surface area contributed by atoms with Crippen LogP contribution in [0.2, 0.25) is 0 Å². The minimum Gasteiger partial charge on any atom is -0.479 e. The number of amides is 2. The highest BCUT2D eigenvalue weighted by molar-refractivity contribution is 9.10. The zero-order chi connectivity index (χ0) is 15.4. The third-order valence-electron chi connectivity index (χ3n) is 3.25. The van der Waals surface area contributed by atoms with E-state index in [4.69, 9.17) is 9.84 Å². The molecule has 21 heavy (non-hydrogen) atoms. The molecule has 0 aliphatic carbocycles. The van der Waals surface area contributed by atoms with Gasteiger partial charge in [-0.3, -0.25) is 0 Å². The maximum atomic E-state index is 11.8. The Hall–Kier alpha value is -1.60. The molecule has 7 heteroatoms. The molecule has 0 saturated carbocycles. The summed E-state index contributed by atoms with van der Waals surface area (Å²) in [7, 11) is 0. The van der Waals surface area contributed by atoms with Crippen LogP contribution in [0.1, 0.15) is 18.4 Å². The molecular weight excluding hydrogens is 340 g/mol. The van der Waals surface area contributed by atoms with Gasteiger partial charge in [0.15, 0.2) is 6.10 Å². The van der Waals surface area contributed by atoms with Gasteiger partial charge >= 0.3 is 12.0 Å². The molecule has 114 valence electrons. The van der Waals surface area contributed by atoms with Crippen molar-refractivity contribution >= 4 is 33.6 Å². The number of urea groups is 1. The maximum Gasteiger partial charge on any atom is 0.332 e. The van der Waals surface area contributed by atoms with Crippen molar-refractivity contribution < 1.29 is 19.4 Å². The van der Waals surface area contributed by atoms with E-state index in [2.05, 4.69) is 26.6 Å². The van der Waals surface area contributed by atoms with Crippen LogP contribution in [0.15, 0.2) is 22.7 Å². The Balaban J connectivity index is 1.79. The van der Waals surface area contributed by atoms with E-state index < -0.39 is 12.1 Å². The highest BCUT2D eigenvalue weighted by Crippen LogP contribution is 2.23. The fourth-order valence-corrected chi connectivity index (χ4v) is 2.72. The van der Waals surface area contributed by atoms with Crippen molar-refractivity contribution in [2.75, 3.05) is 11.9 Å². The van der Waals surface area contributed by atoms with Crippen LogP contribution in [0.25, 0.3) is 0 Å². The average Bonchev–Trinajstić information content (AvgIpc) is 2.89. The van der Waals surface area contributed by atoms with Crippen LogP contribution in [0.5, 0.6) is 0 Å². The fraction of sp³-hybridized carbons (Fsp3) is 0.429. The first kappa shape index (κ1) is 15.8. The van der Waals surface area contributed by atoms with Gasteiger partial charge in [0.05, 0.1) is 11.8 Å². The normalized spacial score (nSPS) is 21.0. The van der Waals surface area contributed by atoms with Gasteiger partial charge in [0.1, 0.15) is 0 Å². The summed E-state index contributed by atoms with van der Waals surface area (Å²) in [6, 6.07) is 5.28. The van der Waals surface area contributed by atoms with Crippen LogP contribution >= 0.6 is 15.9 Å². The lowest BCUT2D eigenvalue weighted by molar-refractivity contribution is -0.149. The highest BCUT2D eigenvalue weighted by Gasteiger charge is 2.30. The Bertz CT molecular complexity index is 550. The van der Waals surface area contributed by atoms with E-state index in [1.165, 1.54) is 0 Å². The smallest absolute Gasteiger partial charge is 0.332 e. The predicted molar refractivity (Wildman–Crippen MR) is 81.4 cm³/mol. The summed E-state index contributed by atoms with van der Waals surface area (Å²) >= 11 is 3.38. The average molecular weight is 357 g/mol. The molecule has 1 saturated heterocycles. The molecule has 2 atom stereocenters. The minimum absolute atomic E-state index is 0.252. The Labute approximate surface area is 131 Å². The second-order valence-electron chi connectivity index (χ2n) is 4.98. The monoisotopic (exact) mass is 356 g/mol. The summed E-state index contributed by atoms with van der Waals surface area (Å²) in [6.45, 7) is 2.25. The number of nitrogens with one attached hydrogen (secondary N) is 2. The van der Waals surface area contributed by atoms with Crippen LogP contribution in [0.3, 0.4) is 0 Å². The Morgan fingerprint density at radius 2 is 2.19 bits per heavy atom. The van der Waals surface area contributed by atoms with Gasteiger partial charge in [0.25, 0.3) is 0 Å². The molecule has 1 heterocycles. The standard InChI is InChI=1S/C14H17BrN2O4/c1-8-2-4-11(10(15)6-8)17-14(20)16-7-9-3-5-12(21-9)13(18)19/h2,4,6,9,12H,3,5,7H2,1H3,(H,18,19)(H2,16,17,20). The van der Waals surface area contributed by atoms with Crippen molar-refractivity contribution in [2.24, 2.45) is 0 Å². The molecule has 0 radical (unpaired) electrons. The number of carbonyl (C=O) groups excluding carboxylic acids is 1. The lowest BCUT2D eigenvalue weighted by Crippen LogP contribution is -2.36. The minimum atomic E-state index is -0.953. The highest BCUT2D eigenvalue weighted by atomic mass is 79.9. The molecule has 6 nitrogen and oxygen atoms in total. The Morgan fingerprint density at radius 3 is 2.81 bits per heavy atom. The van der Waals surface area contributed by atoms with Gasteiger partial charge in [-0.15, -0.1) is 0 Å². The van der Waals surface area contributed by atoms with Gasteiger partial charge < -0.3 is 20.5 Å². The van der Waals surface area contributed by atoms with E-state index in [0.717, 1.165) is 10.0 Å². The van der Waals surface area contributed by atoms with E-state index in [0.29, 0.717) is 25.1 Å². The van der Waals surface area contributed by atoms with Gasteiger partial charge in [0.2, 0.25) is 0 Å². The second-order valence-corrected chi connectivity index (χ2v) is 5.83. The lowest BCUT2D eigenvalue weighted by atomic mass is 10.2. The number of anilines is 1. The molecule has 2 rings (SSSR count). The molecule has 1 fully saturated rings. The van der Waals surface area contributed by atoms with E-state index in [1.807, 2.05) is 25.1 Å². The molecule has 2 amide bonds. The van der Waals surface area contributed by atoms with Gasteiger partial charge in [0, 0.05) is 11.0 Å². The van der Waals surface area contributed by atoms with Gasteiger partial charge in [-0.25, -0.2) is 9.59 Å². The first-order valence-corrected chi connectivity index (χ1v) is 7.44. The number of aryl methyl sites for hydroxylation is 1. The number of carboxylic acid groups (broad SMARTS) is 1. The molecule has 1 aromatic carbocycles. The molecule has 0 spiro atoms. The molecule has 2 unspecified atom stereocenters. The van der Waals surface area contributed by atoms with E-state index in [9.17, 15) is 9.59 Å². The van der Waals surface area contributed by atoms with Crippen LogP contribution in [0, 0.1) is 6.92 Å². The zero-order valence-corrected chi connectivity index (χ0v) is 13.1. The number of hydrogen-bond acceptors (Lipinski definition) is 3. The SMILES string of the molecule is Cc1ccc(NC(=O)NCC2CCC(C(=O)O)O2)c(Br)c1. The third kappa shape index (κ3) is 4.44. The topological polar surface area (TPSA) is 87.7 Å². The van der Waals surface area contributed by atoms with Crippen LogP contribution < -0.4 is 10.6 Å². The first-order chi connectivity index (χ1) is 9.95. The molecule has 1 aliphatic rings. The molecule has 0 aromatic heterocycles. The van der Waals surface area contributed by atoms with Gasteiger partial charge in [-0.1, -0.05) is 6.07 Å². The van der Waals surface area contributed by atoms with Crippen LogP contribution in [0.4, 0.5) is 10.5 Å². The number of hydrogen-bond donors (Lipinski definition) is 3. The van der Waals surface area contributed by atoms with Crippen molar-refractivity contribution in [3.63, 3.8) is 0 Å². The summed E-state index contributed by atoms with van der Waals surface area (Å²) in [4.78, 5) is 22.6. The number of halogens is 1. The fourth-order valence-electron chi connectivity index (χ4n) is 2.13. The molecule has 0 bridgehead atoms. The van der Waals surface area contributed by atoms with Gasteiger partial charge in [-0.05, 0) is 53.4 Å². The number of benzene rings is 1. The third-order valence-corrected chi connectivity index (χ3v) is 3.90. The summed E-state index contributed by atoms with van der Waals surface area (Å²) in [5.74, 6) is -0.953. The van der Waals surface area contributed by atoms with E-state index >= 15 is 0 Å². The number of rotatable bonds is 4. The maximum absolute atomic E-state index is 11.8. The number of carbonyl (C=O) groups is 2. The van der Waals surface area contributed by atoms with Crippen LogP contribution in [-0.2, 0) is 9.53 Å². The molecule has 3 N–H and O–H groups in total. The Kier molecular flexibility index (Phi) is 5.19. The quantitative estimate of drug-likeness (QED) is 0.773. The summed E-state index contributed by atoms with van der Waals surface area (Å²) < 4.78 is 6.12. The largest absolute Gasteiger partial charge is 0.479 e. The molecule has 1 aliphatic heterocycles.